The van der Waals surface area contributed by atoms with Crippen LogP contribution >= 0.6 is 0 Å². The van der Waals surface area contributed by atoms with Crippen LogP contribution < -0.4 is 5.32 Å². The maximum atomic E-state index is 12.9. The molecule has 2 aliphatic rings. The summed E-state index contributed by atoms with van der Waals surface area (Å²) in [5.74, 6) is -2.77. The van der Waals surface area contributed by atoms with Gasteiger partial charge in [-0.3, -0.25) is 0 Å². The Morgan fingerprint density at radius 2 is 1.92 bits per heavy atom. The van der Waals surface area contributed by atoms with E-state index in [1.165, 1.54) is 0 Å². The van der Waals surface area contributed by atoms with Gasteiger partial charge in [-0.1, -0.05) is 0 Å². The number of nitrogens with one attached hydrogen (secondary N) is 1. The summed E-state index contributed by atoms with van der Waals surface area (Å²) in [6, 6.07) is 0. The molecule has 0 aromatic heterocycles. The fourth-order valence-corrected chi connectivity index (χ4v) is 2.54. The molecule has 2 rings (SSSR count). The first-order valence-corrected chi connectivity index (χ1v) is 4.63. The molecular weight excluding hydrogens is 160 g/mol. The van der Waals surface area contributed by atoms with Crippen molar-refractivity contribution in [1.29, 1.82) is 0 Å². The van der Waals surface area contributed by atoms with E-state index in [2.05, 4.69) is 5.32 Å². The lowest BCUT2D eigenvalue weighted by molar-refractivity contribution is -0.0194. The van der Waals surface area contributed by atoms with E-state index in [0.717, 1.165) is 39.3 Å². The van der Waals surface area contributed by atoms with Crippen LogP contribution in [0.4, 0.5) is 8.78 Å². The monoisotopic (exact) mass is 175 g/mol. The third-order valence-electron chi connectivity index (χ3n) is 3.40. The van der Waals surface area contributed by atoms with Crippen LogP contribution in [0.25, 0.3) is 0 Å². The van der Waals surface area contributed by atoms with Gasteiger partial charge in [-0.25, -0.2) is 8.78 Å². The second-order valence-electron chi connectivity index (χ2n) is 4.33. The molecule has 1 nitrogen and oxygen atoms in total. The molecule has 0 radical (unpaired) electrons. The zero-order valence-corrected chi connectivity index (χ0v) is 7.37. The number of hydrogen-bond donors (Lipinski definition) is 1. The van der Waals surface area contributed by atoms with Gasteiger partial charge >= 0.3 is 0 Å². The van der Waals surface area contributed by atoms with E-state index < -0.39 is 5.92 Å². The van der Waals surface area contributed by atoms with E-state index in [-0.39, 0.29) is 11.3 Å². The van der Waals surface area contributed by atoms with E-state index >= 15 is 0 Å². The molecular formula is C9H15F2N. The molecule has 1 unspecified atom stereocenters. The summed E-state index contributed by atoms with van der Waals surface area (Å²) in [5, 5.41) is 3.21. The zero-order chi connectivity index (χ0) is 8.82. The predicted molar refractivity (Wildman–Crippen MR) is 43.3 cm³/mol. The summed E-state index contributed by atoms with van der Waals surface area (Å²) in [6.45, 7) is 2.91. The largest absolute Gasteiger partial charge is 0.317 e. The Hall–Kier alpha value is -0.180. The Morgan fingerprint density at radius 3 is 2.33 bits per heavy atom. The van der Waals surface area contributed by atoms with Crippen LogP contribution in [-0.4, -0.2) is 19.0 Å². The van der Waals surface area contributed by atoms with Crippen molar-refractivity contribution in [3.05, 3.63) is 0 Å². The first-order valence-electron chi connectivity index (χ1n) is 4.63. The minimum absolute atomic E-state index is 0.0174. The van der Waals surface area contributed by atoms with E-state index in [1.54, 1.807) is 0 Å². The highest BCUT2D eigenvalue weighted by atomic mass is 19.3. The van der Waals surface area contributed by atoms with Crippen LogP contribution in [-0.2, 0) is 0 Å². The molecule has 70 valence electrons. The highest BCUT2D eigenvalue weighted by Gasteiger charge is 2.62. The lowest BCUT2D eigenvalue weighted by Crippen LogP contribution is -2.32. The molecule has 1 N–H and O–H groups in total. The van der Waals surface area contributed by atoms with Crippen molar-refractivity contribution in [3.63, 3.8) is 0 Å². The first kappa shape index (κ1) is 8.42. The van der Waals surface area contributed by atoms with Gasteiger partial charge in [0.25, 0.3) is 0 Å². The topological polar surface area (TPSA) is 12.0 Å². The van der Waals surface area contributed by atoms with Gasteiger partial charge in [-0.2, -0.15) is 0 Å². The van der Waals surface area contributed by atoms with Crippen LogP contribution in [0.15, 0.2) is 0 Å². The summed E-state index contributed by atoms with van der Waals surface area (Å²) in [4.78, 5) is 0. The smallest absolute Gasteiger partial charge is 0.248 e. The van der Waals surface area contributed by atoms with Crippen molar-refractivity contribution < 1.29 is 8.78 Å². The standard InChI is InChI=1S/C9H15F2N/c1-8(10,11)7-6-9(7)2-4-12-5-3-9/h7,12H,2-6H2,1H3. The summed E-state index contributed by atoms with van der Waals surface area (Å²) in [5.41, 5.74) is 0.0174. The van der Waals surface area contributed by atoms with Gasteiger partial charge in [0.15, 0.2) is 0 Å². The fraction of sp³-hybridized carbons (Fsp3) is 1.00. The molecule has 1 saturated carbocycles. The molecule has 2 fully saturated rings. The van der Waals surface area contributed by atoms with Crippen LogP contribution in [0.3, 0.4) is 0 Å². The highest BCUT2D eigenvalue weighted by Crippen LogP contribution is 2.64. The SMILES string of the molecule is CC(F)(F)C1CC12CCNCC2. The fourth-order valence-electron chi connectivity index (χ4n) is 2.54. The average molecular weight is 175 g/mol. The summed E-state index contributed by atoms with van der Waals surface area (Å²) in [7, 11) is 0. The number of halogens is 2. The molecule has 1 heterocycles. The number of piperidine rings is 1. The van der Waals surface area contributed by atoms with E-state index in [4.69, 9.17) is 0 Å². The maximum Gasteiger partial charge on any atom is 0.248 e. The Labute approximate surface area is 71.5 Å². The van der Waals surface area contributed by atoms with Crippen molar-refractivity contribution in [2.75, 3.05) is 13.1 Å². The van der Waals surface area contributed by atoms with Crippen LogP contribution in [0.5, 0.6) is 0 Å². The second-order valence-corrected chi connectivity index (χ2v) is 4.33. The summed E-state index contributed by atoms with van der Waals surface area (Å²) in [6.07, 6.45) is 2.64. The first-order chi connectivity index (χ1) is 5.55. The van der Waals surface area contributed by atoms with Crippen LogP contribution in [0, 0.1) is 11.3 Å². The van der Waals surface area contributed by atoms with E-state index in [0.29, 0.717) is 0 Å². The van der Waals surface area contributed by atoms with Gasteiger partial charge in [-0.15, -0.1) is 0 Å². The van der Waals surface area contributed by atoms with Crippen molar-refractivity contribution in [1.82, 2.24) is 5.32 Å². The van der Waals surface area contributed by atoms with Gasteiger partial charge in [-0.05, 0) is 44.7 Å². The van der Waals surface area contributed by atoms with Gasteiger partial charge in [0.2, 0.25) is 5.92 Å². The summed E-state index contributed by atoms with van der Waals surface area (Å²) >= 11 is 0. The normalized spacial score (nSPS) is 33.8. The van der Waals surface area contributed by atoms with Crippen molar-refractivity contribution in [2.24, 2.45) is 11.3 Å². The Bertz CT molecular complexity index is 179. The third kappa shape index (κ3) is 1.24. The lowest BCUT2D eigenvalue weighted by Gasteiger charge is -2.25. The van der Waals surface area contributed by atoms with Crippen molar-refractivity contribution >= 4 is 0 Å². The second kappa shape index (κ2) is 2.41. The van der Waals surface area contributed by atoms with Gasteiger partial charge < -0.3 is 5.32 Å². The predicted octanol–water partition coefficient (Wildman–Crippen LogP) is 2.03. The van der Waals surface area contributed by atoms with E-state index in [1.807, 2.05) is 0 Å². The average Bonchev–Trinajstić information content (AvgIpc) is 2.65. The molecule has 3 heteroatoms. The Morgan fingerprint density at radius 1 is 1.33 bits per heavy atom. The molecule has 0 amide bonds. The van der Waals surface area contributed by atoms with Crippen LogP contribution in [0.2, 0.25) is 0 Å². The molecule has 1 saturated heterocycles. The number of rotatable bonds is 1. The van der Waals surface area contributed by atoms with Crippen molar-refractivity contribution in [3.8, 4) is 0 Å². The number of hydrogen-bond acceptors (Lipinski definition) is 1. The van der Waals surface area contributed by atoms with Crippen LogP contribution in [0.1, 0.15) is 26.2 Å². The Kier molecular flexibility index (Phi) is 1.69. The molecule has 0 bridgehead atoms. The maximum absolute atomic E-state index is 12.9. The van der Waals surface area contributed by atoms with E-state index in [9.17, 15) is 8.78 Å². The highest BCUT2D eigenvalue weighted by molar-refractivity contribution is 5.08. The van der Waals surface area contributed by atoms with Crippen molar-refractivity contribution in [2.45, 2.75) is 32.1 Å². The zero-order valence-electron chi connectivity index (χ0n) is 7.37. The van der Waals surface area contributed by atoms with Gasteiger partial charge in [0.1, 0.15) is 0 Å². The summed E-state index contributed by atoms with van der Waals surface area (Å²) < 4.78 is 25.8. The molecule has 1 aliphatic heterocycles. The molecule has 1 spiro atoms. The molecule has 0 aromatic carbocycles. The number of alkyl halides is 2. The minimum Gasteiger partial charge on any atom is -0.317 e. The molecule has 1 atom stereocenters. The Balaban J connectivity index is 1.99. The third-order valence-corrected chi connectivity index (χ3v) is 3.40. The molecule has 1 aliphatic carbocycles. The quantitative estimate of drug-likeness (QED) is 0.643. The van der Waals surface area contributed by atoms with Gasteiger partial charge in [0.05, 0.1) is 0 Å². The minimum atomic E-state index is -2.45. The molecule has 12 heavy (non-hydrogen) atoms. The molecule has 0 aromatic rings. The lowest BCUT2D eigenvalue weighted by atomic mass is 9.90. The van der Waals surface area contributed by atoms with Gasteiger partial charge in [0, 0.05) is 5.92 Å².